The highest BCUT2D eigenvalue weighted by Crippen LogP contribution is 1.95. The highest BCUT2D eigenvalue weighted by Gasteiger charge is 2.18. The van der Waals surface area contributed by atoms with Gasteiger partial charge in [-0.3, -0.25) is 9.59 Å². The first-order valence-corrected chi connectivity index (χ1v) is 4.57. The summed E-state index contributed by atoms with van der Waals surface area (Å²) >= 11 is 0. The van der Waals surface area contributed by atoms with Crippen LogP contribution in [0.2, 0.25) is 0 Å². The molecule has 0 aliphatic rings. The van der Waals surface area contributed by atoms with Crippen LogP contribution in [0.3, 0.4) is 0 Å². The van der Waals surface area contributed by atoms with E-state index < -0.39 is 11.8 Å². The molecule has 0 atom stereocenters. The largest absolute Gasteiger partial charge is 0.304 e. The van der Waals surface area contributed by atoms with Crippen molar-refractivity contribution < 1.29 is 14.5 Å². The van der Waals surface area contributed by atoms with Crippen molar-refractivity contribution in [2.75, 3.05) is 14.1 Å². The average Bonchev–Trinajstić information content (AvgIpc) is 2.35. The number of amides is 2. The summed E-state index contributed by atoms with van der Waals surface area (Å²) in [6, 6.07) is 0. The zero-order chi connectivity index (χ0) is 13.4. The lowest BCUT2D eigenvalue weighted by molar-refractivity contribution is -0.626. The molecule has 0 aromatic carbocycles. The molecule has 0 saturated carbocycles. The molecule has 2 amide bonds. The lowest BCUT2D eigenvalue weighted by Crippen LogP contribution is -2.31. The number of nitroso groups, excluding NO2 is 2. The third-order valence-electron chi connectivity index (χ3n) is 1.80. The van der Waals surface area contributed by atoms with E-state index in [9.17, 15) is 19.4 Å². The highest BCUT2D eigenvalue weighted by atomic mass is 16.3. The van der Waals surface area contributed by atoms with Gasteiger partial charge in [-0.1, -0.05) is 11.6 Å². The second-order valence-electron chi connectivity index (χ2n) is 2.96. The highest BCUT2D eigenvalue weighted by molar-refractivity contribution is 5.85. The van der Waals surface area contributed by atoms with E-state index in [-0.39, 0.29) is 11.3 Å². The van der Waals surface area contributed by atoms with Gasteiger partial charge in [0.05, 0.1) is 23.7 Å². The van der Waals surface area contributed by atoms with Crippen LogP contribution in [0, 0.1) is 9.81 Å². The molecule has 0 N–H and O–H groups in total. The van der Waals surface area contributed by atoms with Gasteiger partial charge in [0.25, 0.3) is 6.20 Å². The van der Waals surface area contributed by atoms with E-state index in [4.69, 9.17) is 0 Å². The Kier molecular flexibility index (Phi) is 6.01. The molecule has 0 saturated heterocycles. The van der Waals surface area contributed by atoms with Crippen LogP contribution in [0.4, 0.5) is 0 Å². The lowest BCUT2D eigenvalue weighted by Gasteiger charge is -2.02. The predicted molar refractivity (Wildman–Crippen MR) is 58.9 cm³/mol. The van der Waals surface area contributed by atoms with Crippen molar-refractivity contribution in [2.24, 2.45) is 5.29 Å². The molecule has 0 unspecified atom stereocenters. The second kappa shape index (κ2) is 6.99. The van der Waals surface area contributed by atoms with E-state index in [1.807, 2.05) is 0 Å². The maximum absolute atomic E-state index is 11.2. The van der Waals surface area contributed by atoms with Crippen molar-refractivity contribution in [3.8, 4) is 0 Å². The molecule has 0 aliphatic carbocycles. The molecule has 8 heteroatoms. The molecular formula is C9H13N4O4+. The van der Waals surface area contributed by atoms with Crippen LogP contribution in [-0.2, 0) is 9.59 Å². The standard InChI is InChI=1S/C9H13N4O4/c1-4-8(14)12(3)13(17)7-5-6-9(15)11(2)10-16/h4-5,7H,1,6H2,2-3H3/q+1. The number of likely N-dealkylation sites (N-methyl/N-ethyl adjacent to an activating group) is 1. The van der Waals surface area contributed by atoms with E-state index in [0.29, 0.717) is 5.01 Å². The van der Waals surface area contributed by atoms with Crippen LogP contribution in [0.25, 0.3) is 0 Å². The molecule has 0 aliphatic heterocycles. The van der Waals surface area contributed by atoms with E-state index in [1.165, 1.54) is 20.2 Å². The van der Waals surface area contributed by atoms with Crippen molar-refractivity contribution in [3.05, 3.63) is 34.7 Å². The molecule has 0 aromatic rings. The molecule has 8 nitrogen and oxygen atoms in total. The molecule has 92 valence electrons. The summed E-state index contributed by atoms with van der Waals surface area (Å²) in [4.78, 5) is 43.5. The van der Waals surface area contributed by atoms with Crippen molar-refractivity contribution in [2.45, 2.75) is 6.42 Å². The Balaban J connectivity index is 4.31. The SMILES string of the molecule is C=CC(=O)N(C)[N+](=O)C=CCC(=O)N(C)N=O. The van der Waals surface area contributed by atoms with Crippen molar-refractivity contribution >= 4 is 11.8 Å². The van der Waals surface area contributed by atoms with Crippen molar-refractivity contribution in [3.63, 3.8) is 0 Å². The van der Waals surface area contributed by atoms with Crippen LogP contribution < -0.4 is 0 Å². The fourth-order valence-corrected chi connectivity index (χ4v) is 0.751. The normalized spacial score (nSPS) is 9.76. The number of hydrogen-bond donors (Lipinski definition) is 0. The van der Waals surface area contributed by atoms with E-state index >= 15 is 0 Å². The van der Waals surface area contributed by atoms with Gasteiger partial charge in [0.2, 0.25) is 5.91 Å². The third-order valence-corrected chi connectivity index (χ3v) is 1.80. The summed E-state index contributed by atoms with van der Waals surface area (Å²) in [6.07, 6.45) is 3.01. The number of hydrogen-bond acceptors (Lipinski definition) is 5. The number of carbonyl (C=O) groups excluding carboxylic acids is 2. The summed E-state index contributed by atoms with van der Waals surface area (Å²) in [5, 5.41) is 3.76. The summed E-state index contributed by atoms with van der Waals surface area (Å²) in [6.45, 7) is 3.22. The first kappa shape index (κ1) is 14.6. The summed E-state index contributed by atoms with van der Waals surface area (Å²) in [5.74, 6) is -1.15. The van der Waals surface area contributed by atoms with Crippen LogP contribution in [0.15, 0.2) is 30.2 Å². The fraction of sp³-hybridized carbons (Fsp3) is 0.333. The fourth-order valence-electron chi connectivity index (χ4n) is 0.751. The Hall–Kier alpha value is -2.38. The number of hydrazine groups is 1. The number of nitrogens with zero attached hydrogens (tertiary/aromatic N) is 4. The van der Waals surface area contributed by atoms with Gasteiger partial charge in [-0.25, -0.2) is 0 Å². The van der Waals surface area contributed by atoms with Gasteiger partial charge in [0.1, 0.15) is 0 Å². The quantitative estimate of drug-likeness (QED) is 0.291. The van der Waals surface area contributed by atoms with Crippen LogP contribution in [0.5, 0.6) is 0 Å². The summed E-state index contributed by atoms with van der Waals surface area (Å²) in [5.41, 5.74) is 0. The maximum atomic E-state index is 11.2. The summed E-state index contributed by atoms with van der Waals surface area (Å²) in [7, 11) is 2.45. The average molecular weight is 241 g/mol. The number of carbonyl (C=O) groups is 2. The predicted octanol–water partition coefficient (Wildman–Crippen LogP) is 0.368. The van der Waals surface area contributed by atoms with E-state index in [2.05, 4.69) is 11.9 Å². The monoisotopic (exact) mass is 241 g/mol. The van der Waals surface area contributed by atoms with Crippen molar-refractivity contribution in [1.29, 1.82) is 0 Å². The van der Waals surface area contributed by atoms with Gasteiger partial charge < -0.3 is 0 Å². The first-order chi connectivity index (χ1) is 7.93. The minimum Gasteiger partial charge on any atom is -0.273 e. The smallest absolute Gasteiger partial charge is 0.273 e. The van der Waals surface area contributed by atoms with Crippen LogP contribution in [-0.4, -0.2) is 40.8 Å². The first-order valence-electron chi connectivity index (χ1n) is 4.57. The van der Waals surface area contributed by atoms with Gasteiger partial charge in [0, 0.05) is 13.1 Å². The third kappa shape index (κ3) is 4.78. The Morgan fingerprint density at radius 2 is 2.00 bits per heavy atom. The molecular weight excluding hydrogens is 228 g/mol. The Bertz CT molecular complexity index is 377. The Labute approximate surface area is 97.7 Å². The molecule has 0 fully saturated rings. The Morgan fingerprint density at radius 1 is 1.41 bits per heavy atom. The van der Waals surface area contributed by atoms with Crippen molar-refractivity contribution in [1.82, 2.24) is 10.0 Å². The molecule has 0 radical (unpaired) electrons. The van der Waals surface area contributed by atoms with Crippen LogP contribution >= 0.6 is 0 Å². The van der Waals surface area contributed by atoms with E-state index in [1.54, 1.807) is 0 Å². The minimum atomic E-state index is -0.581. The van der Waals surface area contributed by atoms with Gasteiger partial charge in [-0.2, -0.15) is 5.01 Å². The lowest BCUT2D eigenvalue weighted by atomic mass is 10.4. The molecule has 0 aromatic heterocycles. The molecule has 0 bridgehead atoms. The van der Waals surface area contributed by atoms with Crippen LogP contribution in [0.1, 0.15) is 6.42 Å². The van der Waals surface area contributed by atoms with Gasteiger partial charge in [-0.05, 0) is 6.08 Å². The zero-order valence-electron chi connectivity index (χ0n) is 9.57. The van der Waals surface area contributed by atoms with Gasteiger partial charge in [-0.15, -0.1) is 4.91 Å². The Morgan fingerprint density at radius 3 is 2.47 bits per heavy atom. The molecule has 0 rings (SSSR count). The van der Waals surface area contributed by atoms with Gasteiger partial charge >= 0.3 is 5.91 Å². The van der Waals surface area contributed by atoms with E-state index in [0.717, 1.165) is 17.3 Å². The minimum absolute atomic E-state index is 0.170. The maximum Gasteiger partial charge on any atom is 0.304 e. The summed E-state index contributed by atoms with van der Waals surface area (Å²) < 4.78 is 0. The van der Waals surface area contributed by atoms with Gasteiger partial charge in [0.15, 0.2) is 4.87 Å². The zero-order valence-corrected chi connectivity index (χ0v) is 9.57. The molecule has 17 heavy (non-hydrogen) atoms. The number of rotatable bonds is 6. The second-order valence-corrected chi connectivity index (χ2v) is 2.96. The topological polar surface area (TPSA) is 90.1 Å². The molecule has 0 spiro atoms. The molecule has 0 heterocycles.